The first-order valence-corrected chi connectivity index (χ1v) is 6.76. The van der Waals surface area contributed by atoms with Crippen LogP contribution < -0.4 is 10.6 Å². The zero-order chi connectivity index (χ0) is 13.9. The van der Waals surface area contributed by atoms with Crippen molar-refractivity contribution in [3.05, 3.63) is 30.1 Å². The van der Waals surface area contributed by atoms with Gasteiger partial charge in [0.05, 0.1) is 6.04 Å². The number of amides is 1. The van der Waals surface area contributed by atoms with Gasteiger partial charge < -0.3 is 10.6 Å². The van der Waals surface area contributed by atoms with Crippen LogP contribution in [0.1, 0.15) is 18.7 Å². The van der Waals surface area contributed by atoms with Crippen molar-refractivity contribution in [1.29, 1.82) is 0 Å². The lowest BCUT2D eigenvalue weighted by molar-refractivity contribution is -0.117. The Labute approximate surface area is 117 Å². The summed E-state index contributed by atoms with van der Waals surface area (Å²) in [6.07, 6.45) is 1.94. The predicted octanol–water partition coefficient (Wildman–Crippen LogP) is 1.47. The predicted molar refractivity (Wildman–Crippen MR) is 76.2 cm³/mol. The van der Waals surface area contributed by atoms with Crippen LogP contribution >= 0.6 is 0 Å². The highest BCUT2D eigenvalue weighted by molar-refractivity contribution is 5.95. The van der Waals surface area contributed by atoms with Crippen molar-refractivity contribution < 1.29 is 4.79 Å². The molecule has 20 heavy (non-hydrogen) atoms. The highest BCUT2D eigenvalue weighted by Gasteiger charge is 2.21. The van der Waals surface area contributed by atoms with Gasteiger partial charge >= 0.3 is 0 Å². The van der Waals surface area contributed by atoms with E-state index in [1.165, 1.54) is 0 Å². The average Bonchev–Trinajstić information content (AvgIpc) is 3.10. The first kappa shape index (κ1) is 12.8. The van der Waals surface area contributed by atoms with Gasteiger partial charge in [0.1, 0.15) is 5.82 Å². The molecule has 0 unspecified atom stereocenters. The molecule has 0 bridgehead atoms. The monoisotopic (exact) mass is 271 g/mol. The Morgan fingerprint density at radius 1 is 1.45 bits per heavy atom. The molecule has 1 fully saturated rings. The van der Waals surface area contributed by atoms with E-state index in [2.05, 4.69) is 25.8 Å². The molecule has 3 rings (SSSR count). The van der Waals surface area contributed by atoms with Gasteiger partial charge in [0.25, 0.3) is 0 Å². The lowest BCUT2D eigenvalue weighted by atomic mass is 10.1. The first-order chi connectivity index (χ1) is 9.72. The highest BCUT2D eigenvalue weighted by Crippen LogP contribution is 2.19. The summed E-state index contributed by atoms with van der Waals surface area (Å²) in [5.74, 6) is 1.42. The molecule has 6 nitrogen and oxygen atoms in total. The van der Waals surface area contributed by atoms with Gasteiger partial charge in [-0.2, -0.15) is 5.10 Å². The van der Waals surface area contributed by atoms with Crippen LogP contribution in [-0.2, 0) is 4.79 Å². The van der Waals surface area contributed by atoms with Crippen molar-refractivity contribution in [2.24, 2.45) is 0 Å². The minimum Gasteiger partial charge on any atom is -0.325 e. The Balaban J connectivity index is 1.75. The number of aromatic nitrogens is 3. The summed E-state index contributed by atoms with van der Waals surface area (Å²) in [4.78, 5) is 16.3. The molecule has 1 saturated heterocycles. The van der Waals surface area contributed by atoms with E-state index in [0.29, 0.717) is 5.82 Å². The van der Waals surface area contributed by atoms with Crippen LogP contribution in [0.2, 0.25) is 0 Å². The van der Waals surface area contributed by atoms with Crippen LogP contribution in [0.3, 0.4) is 0 Å². The highest BCUT2D eigenvalue weighted by atomic mass is 16.2. The van der Waals surface area contributed by atoms with Crippen LogP contribution in [0.5, 0.6) is 0 Å². The Morgan fingerprint density at radius 3 is 3.05 bits per heavy atom. The SMILES string of the molecule is Cc1nc(-c2cccc(NC(=O)[C@H]3CCCN3)c2)n[nH]1. The molecule has 0 radical (unpaired) electrons. The number of nitrogens with one attached hydrogen (secondary N) is 3. The third kappa shape index (κ3) is 2.70. The fraction of sp³-hybridized carbons (Fsp3) is 0.357. The number of carbonyl (C=O) groups excluding carboxylic acids is 1. The minimum atomic E-state index is -0.0793. The summed E-state index contributed by atoms with van der Waals surface area (Å²) in [5.41, 5.74) is 1.65. The van der Waals surface area contributed by atoms with Crippen molar-refractivity contribution in [3.63, 3.8) is 0 Å². The van der Waals surface area contributed by atoms with Crippen LogP contribution in [0.15, 0.2) is 24.3 Å². The van der Waals surface area contributed by atoms with Crippen molar-refractivity contribution in [2.75, 3.05) is 11.9 Å². The van der Waals surface area contributed by atoms with Gasteiger partial charge in [-0.25, -0.2) is 4.98 Å². The minimum absolute atomic E-state index is 0.0193. The summed E-state index contributed by atoms with van der Waals surface area (Å²) >= 11 is 0. The standard InChI is InChI=1S/C14H17N5O/c1-9-16-13(19-18-9)10-4-2-5-11(8-10)17-14(20)12-6-3-7-15-12/h2,4-5,8,12,15H,3,6-7H2,1H3,(H,17,20)(H,16,18,19)/t12-/m1/s1. The molecule has 1 aliphatic rings. The maximum Gasteiger partial charge on any atom is 0.241 e. The lowest BCUT2D eigenvalue weighted by Crippen LogP contribution is -2.35. The van der Waals surface area contributed by atoms with E-state index in [4.69, 9.17) is 0 Å². The largest absolute Gasteiger partial charge is 0.325 e. The topological polar surface area (TPSA) is 82.7 Å². The number of nitrogens with zero attached hydrogens (tertiary/aromatic N) is 2. The molecular weight excluding hydrogens is 254 g/mol. The number of H-pyrrole nitrogens is 1. The van der Waals surface area contributed by atoms with E-state index in [1.807, 2.05) is 31.2 Å². The van der Waals surface area contributed by atoms with E-state index in [1.54, 1.807) is 0 Å². The zero-order valence-corrected chi connectivity index (χ0v) is 11.3. The Hall–Kier alpha value is -2.21. The van der Waals surface area contributed by atoms with Gasteiger partial charge in [-0.1, -0.05) is 12.1 Å². The van der Waals surface area contributed by atoms with Crippen molar-refractivity contribution in [2.45, 2.75) is 25.8 Å². The van der Waals surface area contributed by atoms with E-state index in [-0.39, 0.29) is 11.9 Å². The number of hydrogen-bond acceptors (Lipinski definition) is 4. The van der Waals surface area contributed by atoms with E-state index >= 15 is 0 Å². The van der Waals surface area contributed by atoms with Crippen LogP contribution in [0, 0.1) is 6.92 Å². The molecule has 104 valence electrons. The van der Waals surface area contributed by atoms with Gasteiger partial charge in [0, 0.05) is 11.3 Å². The normalized spacial score (nSPS) is 18.1. The molecule has 2 heterocycles. The molecular formula is C14H17N5O. The fourth-order valence-corrected chi connectivity index (χ4v) is 2.35. The third-order valence-electron chi connectivity index (χ3n) is 3.36. The second-order valence-corrected chi connectivity index (χ2v) is 4.96. The Kier molecular flexibility index (Phi) is 3.47. The van der Waals surface area contributed by atoms with Crippen molar-refractivity contribution in [3.8, 4) is 11.4 Å². The number of benzene rings is 1. The maximum absolute atomic E-state index is 12.1. The fourth-order valence-electron chi connectivity index (χ4n) is 2.35. The van der Waals surface area contributed by atoms with Gasteiger partial charge in [-0.3, -0.25) is 9.89 Å². The quantitative estimate of drug-likeness (QED) is 0.789. The molecule has 2 aromatic rings. The number of aromatic amines is 1. The summed E-state index contributed by atoms with van der Waals surface area (Å²) in [6.45, 7) is 2.77. The molecule has 3 N–H and O–H groups in total. The molecule has 0 saturated carbocycles. The van der Waals surface area contributed by atoms with Gasteiger partial charge in [-0.15, -0.1) is 0 Å². The number of rotatable bonds is 3. The second-order valence-electron chi connectivity index (χ2n) is 4.96. The molecule has 1 aliphatic heterocycles. The smallest absolute Gasteiger partial charge is 0.241 e. The van der Waals surface area contributed by atoms with Crippen LogP contribution in [0.4, 0.5) is 5.69 Å². The third-order valence-corrected chi connectivity index (χ3v) is 3.36. The number of aryl methyl sites for hydroxylation is 1. The van der Waals surface area contributed by atoms with Crippen molar-refractivity contribution in [1.82, 2.24) is 20.5 Å². The average molecular weight is 271 g/mol. The van der Waals surface area contributed by atoms with E-state index in [9.17, 15) is 4.79 Å². The van der Waals surface area contributed by atoms with Gasteiger partial charge in [0.2, 0.25) is 5.91 Å². The van der Waals surface area contributed by atoms with Crippen LogP contribution in [-0.4, -0.2) is 33.7 Å². The van der Waals surface area contributed by atoms with Gasteiger partial charge in [-0.05, 0) is 38.4 Å². The number of anilines is 1. The first-order valence-electron chi connectivity index (χ1n) is 6.76. The van der Waals surface area contributed by atoms with E-state index < -0.39 is 0 Å². The van der Waals surface area contributed by atoms with Gasteiger partial charge in [0.15, 0.2) is 5.82 Å². The number of carbonyl (C=O) groups is 1. The summed E-state index contributed by atoms with van der Waals surface area (Å²) < 4.78 is 0. The van der Waals surface area contributed by atoms with E-state index in [0.717, 1.165) is 36.5 Å². The van der Waals surface area contributed by atoms with Crippen LogP contribution in [0.25, 0.3) is 11.4 Å². The molecule has 1 amide bonds. The summed E-state index contributed by atoms with van der Waals surface area (Å²) in [6, 6.07) is 7.49. The second kappa shape index (κ2) is 5.42. The molecule has 1 atom stereocenters. The zero-order valence-electron chi connectivity index (χ0n) is 11.3. The molecule has 0 spiro atoms. The molecule has 0 aliphatic carbocycles. The molecule has 1 aromatic carbocycles. The Bertz CT molecular complexity index is 616. The summed E-state index contributed by atoms with van der Waals surface area (Å²) in [7, 11) is 0. The molecule has 1 aromatic heterocycles. The maximum atomic E-state index is 12.1. The number of hydrogen-bond donors (Lipinski definition) is 3. The molecule has 6 heteroatoms. The Morgan fingerprint density at radius 2 is 2.35 bits per heavy atom. The summed E-state index contributed by atoms with van der Waals surface area (Å²) in [5, 5.41) is 13.1. The lowest BCUT2D eigenvalue weighted by Gasteiger charge is -2.11. The van der Waals surface area contributed by atoms with Crippen molar-refractivity contribution >= 4 is 11.6 Å².